The van der Waals surface area contributed by atoms with Gasteiger partial charge in [-0.25, -0.2) is 8.42 Å². The highest BCUT2D eigenvalue weighted by atomic mass is 32.2. The number of ketones is 1. The Morgan fingerprint density at radius 1 is 0.923 bits per heavy atom. The monoisotopic (exact) mass is 370 g/mol. The lowest BCUT2D eigenvalue weighted by atomic mass is 10.1. The van der Waals surface area contributed by atoms with Crippen molar-refractivity contribution in [1.29, 1.82) is 0 Å². The molecule has 0 amide bonds. The van der Waals surface area contributed by atoms with Crippen LogP contribution in [0.1, 0.15) is 22.8 Å². The first-order valence-electron chi connectivity index (χ1n) is 8.55. The molecule has 0 aromatic heterocycles. The zero-order valence-electron chi connectivity index (χ0n) is 14.7. The van der Waals surface area contributed by atoms with Gasteiger partial charge < -0.3 is 4.90 Å². The fourth-order valence-electron chi connectivity index (χ4n) is 2.92. The summed E-state index contributed by atoms with van der Waals surface area (Å²) < 4.78 is 26.5. The highest BCUT2D eigenvalue weighted by molar-refractivity contribution is 7.92. The van der Waals surface area contributed by atoms with E-state index in [0.717, 1.165) is 11.3 Å². The van der Waals surface area contributed by atoms with Crippen molar-refractivity contribution in [3.63, 3.8) is 0 Å². The molecule has 5 nitrogen and oxygen atoms in total. The molecule has 2 aromatic rings. The average Bonchev–Trinajstić information content (AvgIpc) is 2.67. The average molecular weight is 370 g/mol. The first-order valence-corrected chi connectivity index (χ1v) is 10.1. The van der Waals surface area contributed by atoms with E-state index in [2.05, 4.69) is 4.90 Å². The summed E-state index contributed by atoms with van der Waals surface area (Å²) in [6, 6.07) is 16.8. The topological polar surface area (TPSA) is 57.7 Å². The van der Waals surface area contributed by atoms with Gasteiger partial charge in [0.25, 0.3) is 0 Å². The van der Waals surface area contributed by atoms with Crippen molar-refractivity contribution in [2.45, 2.75) is 6.92 Å². The third-order valence-electron chi connectivity index (χ3n) is 4.47. The zero-order chi connectivity index (χ0) is 18.6. The number of hydrogen-bond acceptors (Lipinski definition) is 4. The molecule has 3 rings (SSSR count). The highest BCUT2D eigenvalue weighted by Crippen LogP contribution is 2.19. The number of Topliss-reactive ketones (excluding diaryl/α,β-unsaturated/α-hetero) is 1. The summed E-state index contributed by atoms with van der Waals surface area (Å²) in [5, 5.41) is 1.28. The van der Waals surface area contributed by atoms with E-state index < -0.39 is 10.0 Å². The Kier molecular flexibility index (Phi) is 5.54. The van der Waals surface area contributed by atoms with Crippen LogP contribution < -0.4 is 4.90 Å². The summed E-state index contributed by atoms with van der Waals surface area (Å²) in [7, 11) is -3.42. The SMILES string of the molecule is CC(=O)c1ccc(N2CCN(S(=O)(=O)/C=C/c3ccccc3)CC2)cc1. The Labute approximate surface area is 154 Å². The van der Waals surface area contributed by atoms with Gasteiger partial charge in [0.1, 0.15) is 0 Å². The van der Waals surface area contributed by atoms with Crippen LogP contribution in [0.15, 0.2) is 60.0 Å². The lowest BCUT2D eigenvalue weighted by Gasteiger charge is -2.34. The van der Waals surface area contributed by atoms with Crippen molar-refractivity contribution in [1.82, 2.24) is 4.31 Å². The molecule has 0 bridgehead atoms. The van der Waals surface area contributed by atoms with E-state index in [1.807, 2.05) is 54.6 Å². The largest absolute Gasteiger partial charge is 0.369 e. The Bertz CT molecular complexity index is 882. The van der Waals surface area contributed by atoms with Gasteiger partial charge in [0.05, 0.1) is 0 Å². The lowest BCUT2D eigenvalue weighted by Crippen LogP contribution is -2.48. The van der Waals surface area contributed by atoms with E-state index in [4.69, 9.17) is 0 Å². The number of piperazine rings is 1. The number of carbonyl (C=O) groups excluding carboxylic acids is 1. The molecule has 0 unspecified atom stereocenters. The summed E-state index contributed by atoms with van der Waals surface area (Å²) in [6.07, 6.45) is 1.63. The summed E-state index contributed by atoms with van der Waals surface area (Å²) in [4.78, 5) is 13.5. The van der Waals surface area contributed by atoms with Crippen molar-refractivity contribution in [3.05, 3.63) is 71.1 Å². The quantitative estimate of drug-likeness (QED) is 0.759. The van der Waals surface area contributed by atoms with Gasteiger partial charge in [0, 0.05) is 42.8 Å². The molecule has 1 saturated heterocycles. The number of sulfonamides is 1. The molecular formula is C20H22N2O3S. The molecule has 1 fully saturated rings. The van der Waals surface area contributed by atoms with E-state index in [0.29, 0.717) is 31.7 Å². The minimum atomic E-state index is -3.42. The van der Waals surface area contributed by atoms with Crippen molar-refractivity contribution in [2.75, 3.05) is 31.1 Å². The number of rotatable bonds is 5. The Balaban J connectivity index is 1.62. The summed E-state index contributed by atoms with van der Waals surface area (Å²) >= 11 is 0. The molecule has 1 aliphatic rings. The molecule has 0 radical (unpaired) electrons. The van der Waals surface area contributed by atoms with Gasteiger partial charge in [0.15, 0.2) is 5.78 Å². The van der Waals surface area contributed by atoms with E-state index in [1.54, 1.807) is 13.0 Å². The van der Waals surface area contributed by atoms with Crippen LogP contribution in [0.4, 0.5) is 5.69 Å². The summed E-state index contributed by atoms with van der Waals surface area (Å²) in [5.41, 5.74) is 2.55. The predicted octanol–water partition coefficient (Wildman–Crippen LogP) is 3.01. The lowest BCUT2D eigenvalue weighted by molar-refractivity contribution is 0.101. The van der Waals surface area contributed by atoms with Crippen molar-refractivity contribution < 1.29 is 13.2 Å². The maximum absolute atomic E-state index is 12.5. The molecular weight excluding hydrogens is 348 g/mol. The van der Waals surface area contributed by atoms with E-state index in [1.165, 1.54) is 9.71 Å². The molecule has 0 aliphatic carbocycles. The zero-order valence-corrected chi connectivity index (χ0v) is 15.5. The Morgan fingerprint density at radius 2 is 1.54 bits per heavy atom. The van der Waals surface area contributed by atoms with Gasteiger partial charge in [0.2, 0.25) is 10.0 Å². The van der Waals surface area contributed by atoms with E-state index in [9.17, 15) is 13.2 Å². The maximum atomic E-state index is 12.5. The molecule has 26 heavy (non-hydrogen) atoms. The number of anilines is 1. The molecule has 2 aromatic carbocycles. The fraction of sp³-hybridized carbons (Fsp3) is 0.250. The van der Waals surface area contributed by atoms with Crippen molar-refractivity contribution in [2.24, 2.45) is 0 Å². The van der Waals surface area contributed by atoms with Gasteiger partial charge >= 0.3 is 0 Å². The predicted molar refractivity (Wildman–Crippen MR) is 105 cm³/mol. The molecule has 0 N–H and O–H groups in total. The first-order chi connectivity index (χ1) is 12.5. The molecule has 6 heteroatoms. The molecule has 0 saturated carbocycles. The molecule has 136 valence electrons. The maximum Gasteiger partial charge on any atom is 0.236 e. The molecule has 1 heterocycles. The third kappa shape index (κ3) is 4.39. The number of benzene rings is 2. The Hall–Kier alpha value is -2.44. The summed E-state index contributed by atoms with van der Waals surface area (Å²) in [6.45, 7) is 3.67. The van der Waals surface area contributed by atoms with E-state index >= 15 is 0 Å². The standard InChI is InChI=1S/C20H22N2O3S/c1-17(23)19-7-9-20(10-8-19)21-12-14-22(15-13-21)26(24,25)16-11-18-5-3-2-4-6-18/h2-11,16H,12-15H2,1H3/b16-11+. The molecule has 1 aliphatic heterocycles. The second-order valence-corrected chi connectivity index (χ2v) is 8.07. The highest BCUT2D eigenvalue weighted by Gasteiger charge is 2.25. The molecule has 0 spiro atoms. The normalized spacial score (nSPS) is 16.1. The van der Waals surface area contributed by atoms with Crippen LogP contribution in [0.25, 0.3) is 6.08 Å². The number of hydrogen-bond donors (Lipinski definition) is 0. The summed E-state index contributed by atoms with van der Waals surface area (Å²) in [5.74, 6) is 0.0395. The van der Waals surface area contributed by atoms with Crippen molar-refractivity contribution in [3.8, 4) is 0 Å². The van der Waals surface area contributed by atoms with Gasteiger partial charge in [-0.15, -0.1) is 0 Å². The second-order valence-electron chi connectivity index (χ2n) is 6.25. The van der Waals surface area contributed by atoms with Gasteiger partial charge in [-0.1, -0.05) is 30.3 Å². The third-order valence-corrected chi connectivity index (χ3v) is 6.03. The van der Waals surface area contributed by atoms with E-state index in [-0.39, 0.29) is 5.78 Å². The number of nitrogens with zero attached hydrogens (tertiary/aromatic N) is 2. The van der Waals surface area contributed by atoms with Crippen LogP contribution in [0.3, 0.4) is 0 Å². The van der Waals surface area contributed by atoms with Crippen LogP contribution in [0.2, 0.25) is 0 Å². The van der Waals surface area contributed by atoms with Gasteiger partial charge in [-0.3, -0.25) is 4.79 Å². The van der Waals surface area contributed by atoms with Crippen LogP contribution in [0.5, 0.6) is 0 Å². The van der Waals surface area contributed by atoms with Crippen LogP contribution in [-0.4, -0.2) is 44.7 Å². The van der Waals surface area contributed by atoms with Crippen LogP contribution in [0, 0.1) is 0 Å². The molecule has 0 atom stereocenters. The van der Waals surface area contributed by atoms with Crippen molar-refractivity contribution >= 4 is 27.6 Å². The second kappa shape index (κ2) is 7.85. The fourth-order valence-corrected chi connectivity index (χ4v) is 4.10. The first kappa shape index (κ1) is 18.4. The minimum absolute atomic E-state index is 0.0395. The van der Waals surface area contributed by atoms with Gasteiger partial charge in [-0.2, -0.15) is 4.31 Å². The minimum Gasteiger partial charge on any atom is -0.369 e. The van der Waals surface area contributed by atoms with Gasteiger partial charge in [-0.05, 0) is 42.8 Å². The Morgan fingerprint density at radius 3 is 2.12 bits per heavy atom. The smallest absolute Gasteiger partial charge is 0.236 e. The number of carbonyl (C=O) groups is 1. The van der Waals surface area contributed by atoms with Crippen LogP contribution >= 0.6 is 0 Å². The van der Waals surface area contributed by atoms with Crippen LogP contribution in [-0.2, 0) is 10.0 Å².